The molecule has 2 aromatic rings. The van der Waals surface area contributed by atoms with Gasteiger partial charge in [-0.05, 0) is 37.6 Å². The maximum absolute atomic E-state index is 12.3. The van der Waals surface area contributed by atoms with Crippen LogP contribution in [0.25, 0.3) is 0 Å². The molecule has 0 fully saturated rings. The average Bonchev–Trinajstić information content (AvgIpc) is 2.54. The Labute approximate surface area is 149 Å². The fourth-order valence-corrected chi connectivity index (χ4v) is 2.36. The molecule has 1 N–H and O–H groups in total. The predicted octanol–water partition coefficient (Wildman–Crippen LogP) is 3.97. The van der Waals surface area contributed by atoms with E-state index in [1.807, 2.05) is 13.0 Å². The van der Waals surface area contributed by atoms with Crippen molar-refractivity contribution in [1.82, 2.24) is 0 Å². The molecule has 0 bridgehead atoms. The molecule has 1 amide bonds. The zero-order valence-electron chi connectivity index (χ0n) is 13.9. The lowest BCUT2D eigenvalue weighted by Crippen LogP contribution is -2.30. The van der Waals surface area contributed by atoms with Crippen LogP contribution in [-0.4, -0.2) is 24.0 Å². The van der Waals surface area contributed by atoms with Crippen LogP contribution >= 0.6 is 11.6 Å². The summed E-state index contributed by atoms with van der Waals surface area (Å²) in [5, 5.41) is 13.4. The van der Waals surface area contributed by atoms with Crippen LogP contribution in [0.4, 0.5) is 11.4 Å². The van der Waals surface area contributed by atoms with Gasteiger partial charge in [0, 0.05) is 12.1 Å². The molecule has 0 heterocycles. The number of carbonyl (C=O) groups excluding carboxylic acids is 1. The highest BCUT2D eigenvalue weighted by atomic mass is 35.5. The van der Waals surface area contributed by atoms with Crippen molar-refractivity contribution in [2.24, 2.45) is 0 Å². The van der Waals surface area contributed by atoms with Gasteiger partial charge in [-0.15, -0.1) is 0 Å². The second-order valence-corrected chi connectivity index (χ2v) is 5.73. The van der Waals surface area contributed by atoms with Gasteiger partial charge in [0.15, 0.2) is 6.10 Å². The van der Waals surface area contributed by atoms with Gasteiger partial charge in [-0.1, -0.05) is 17.7 Å². The quantitative estimate of drug-likeness (QED) is 0.618. The van der Waals surface area contributed by atoms with Crippen LogP contribution in [-0.2, 0) is 4.79 Å². The van der Waals surface area contributed by atoms with E-state index in [4.69, 9.17) is 21.1 Å². The van der Waals surface area contributed by atoms with Crippen LogP contribution in [0.15, 0.2) is 36.4 Å². The number of aryl methyl sites for hydroxylation is 1. The number of nitro benzene ring substituents is 1. The Bertz CT molecular complexity index is 810. The second kappa shape index (κ2) is 7.85. The minimum absolute atomic E-state index is 0.0598. The number of amides is 1. The fraction of sp³-hybridized carbons (Fsp3) is 0.235. The van der Waals surface area contributed by atoms with E-state index in [2.05, 4.69) is 5.32 Å². The van der Waals surface area contributed by atoms with Gasteiger partial charge >= 0.3 is 0 Å². The van der Waals surface area contributed by atoms with Gasteiger partial charge in [-0.2, -0.15) is 0 Å². The lowest BCUT2D eigenvalue weighted by molar-refractivity contribution is -0.384. The topological polar surface area (TPSA) is 90.7 Å². The first kappa shape index (κ1) is 18.5. The number of nitrogens with zero attached hydrogens (tertiary/aromatic N) is 1. The van der Waals surface area contributed by atoms with Crippen molar-refractivity contribution in [3.63, 3.8) is 0 Å². The molecule has 0 aromatic heterocycles. The van der Waals surface area contributed by atoms with Crippen molar-refractivity contribution < 1.29 is 19.2 Å². The SMILES string of the molecule is COc1ccc(C)cc1NC(=O)C(C)Oc1ccc([N+](=O)[O-])c(Cl)c1. The number of hydrogen-bond acceptors (Lipinski definition) is 5. The summed E-state index contributed by atoms with van der Waals surface area (Å²) in [4.78, 5) is 22.5. The highest BCUT2D eigenvalue weighted by molar-refractivity contribution is 6.32. The number of halogens is 1. The number of benzene rings is 2. The number of hydrogen-bond donors (Lipinski definition) is 1. The first-order valence-corrected chi connectivity index (χ1v) is 7.75. The summed E-state index contributed by atoms with van der Waals surface area (Å²) in [5.74, 6) is 0.400. The largest absolute Gasteiger partial charge is 0.495 e. The molecule has 25 heavy (non-hydrogen) atoms. The second-order valence-electron chi connectivity index (χ2n) is 5.32. The Balaban J connectivity index is 2.09. The number of nitrogens with one attached hydrogen (secondary N) is 1. The molecular formula is C17H17ClN2O5. The summed E-state index contributed by atoms with van der Waals surface area (Å²) >= 11 is 5.84. The molecule has 0 spiro atoms. The molecule has 2 rings (SSSR count). The monoisotopic (exact) mass is 364 g/mol. The summed E-state index contributed by atoms with van der Waals surface area (Å²) in [6, 6.07) is 9.33. The minimum Gasteiger partial charge on any atom is -0.495 e. The Kier molecular flexibility index (Phi) is 5.82. The van der Waals surface area contributed by atoms with Crippen molar-refractivity contribution in [2.75, 3.05) is 12.4 Å². The van der Waals surface area contributed by atoms with Crippen molar-refractivity contribution >= 4 is 28.9 Å². The molecule has 0 aliphatic rings. The summed E-state index contributed by atoms with van der Waals surface area (Å²) in [6.45, 7) is 3.46. The smallest absolute Gasteiger partial charge is 0.288 e. The third-order valence-corrected chi connectivity index (χ3v) is 3.71. The van der Waals surface area contributed by atoms with Gasteiger partial charge in [0.25, 0.3) is 11.6 Å². The van der Waals surface area contributed by atoms with Gasteiger partial charge in [0.2, 0.25) is 0 Å². The molecule has 8 heteroatoms. The van der Waals surface area contributed by atoms with Crippen LogP contribution in [0.1, 0.15) is 12.5 Å². The van der Waals surface area contributed by atoms with Crippen LogP contribution in [0.3, 0.4) is 0 Å². The van der Waals surface area contributed by atoms with E-state index in [9.17, 15) is 14.9 Å². The third-order valence-electron chi connectivity index (χ3n) is 3.41. The molecule has 1 atom stereocenters. The number of ether oxygens (including phenoxy) is 2. The highest BCUT2D eigenvalue weighted by Crippen LogP contribution is 2.29. The van der Waals surface area contributed by atoms with Crippen molar-refractivity contribution in [1.29, 1.82) is 0 Å². The van der Waals surface area contributed by atoms with E-state index < -0.39 is 16.9 Å². The van der Waals surface area contributed by atoms with Gasteiger partial charge in [0.1, 0.15) is 16.5 Å². The van der Waals surface area contributed by atoms with Gasteiger partial charge in [-0.25, -0.2) is 0 Å². The van der Waals surface area contributed by atoms with E-state index in [0.717, 1.165) is 5.56 Å². The van der Waals surface area contributed by atoms with Crippen molar-refractivity contribution in [2.45, 2.75) is 20.0 Å². The van der Waals surface area contributed by atoms with Gasteiger partial charge in [-0.3, -0.25) is 14.9 Å². The lowest BCUT2D eigenvalue weighted by atomic mass is 10.2. The zero-order chi connectivity index (χ0) is 18.6. The standard InChI is InChI=1S/C17H17ClN2O5/c1-10-4-7-16(24-3)14(8-10)19-17(21)11(2)25-12-5-6-15(20(22)23)13(18)9-12/h4-9,11H,1-3H3,(H,19,21). The van der Waals surface area contributed by atoms with E-state index in [0.29, 0.717) is 11.4 Å². The maximum Gasteiger partial charge on any atom is 0.288 e. The molecule has 132 valence electrons. The molecule has 7 nitrogen and oxygen atoms in total. The van der Waals surface area contributed by atoms with Crippen LogP contribution in [0.5, 0.6) is 11.5 Å². The molecule has 0 saturated heterocycles. The third kappa shape index (κ3) is 4.60. The number of nitro groups is 1. The summed E-state index contributed by atoms with van der Waals surface area (Å²) in [7, 11) is 1.51. The molecule has 1 unspecified atom stereocenters. The first-order valence-electron chi connectivity index (χ1n) is 7.38. The zero-order valence-corrected chi connectivity index (χ0v) is 14.7. The molecule has 2 aromatic carbocycles. The van der Waals surface area contributed by atoms with Gasteiger partial charge < -0.3 is 14.8 Å². The molecule has 0 saturated carbocycles. The normalized spacial score (nSPS) is 11.5. The van der Waals surface area contributed by atoms with E-state index in [1.165, 1.54) is 25.3 Å². The number of rotatable bonds is 6. The van der Waals surface area contributed by atoms with Crippen LogP contribution in [0.2, 0.25) is 5.02 Å². The summed E-state index contributed by atoms with van der Waals surface area (Å²) in [5.41, 5.74) is 1.27. The number of anilines is 1. The fourth-order valence-electron chi connectivity index (χ4n) is 2.12. The van der Waals surface area contributed by atoms with Gasteiger partial charge in [0.05, 0.1) is 17.7 Å². The average molecular weight is 365 g/mol. The highest BCUT2D eigenvalue weighted by Gasteiger charge is 2.19. The first-order chi connectivity index (χ1) is 11.8. The number of carbonyl (C=O) groups is 1. The number of methoxy groups -OCH3 is 1. The van der Waals surface area contributed by atoms with Crippen molar-refractivity contribution in [3.05, 3.63) is 57.1 Å². The Morgan fingerprint density at radius 2 is 2.00 bits per heavy atom. The van der Waals surface area contributed by atoms with E-state index >= 15 is 0 Å². The lowest BCUT2D eigenvalue weighted by Gasteiger charge is -2.16. The molecule has 0 radical (unpaired) electrons. The minimum atomic E-state index is -0.845. The Morgan fingerprint density at radius 1 is 1.28 bits per heavy atom. The predicted molar refractivity (Wildman–Crippen MR) is 94.6 cm³/mol. The summed E-state index contributed by atoms with van der Waals surface area (Å²) in [6.07, 6.45) is -0.845. The van der Waals surface area contributed by atoms with Crippen molar-refractivity contribution in [3.8, 4) is 11.5 Å². The molecule has 0 aliphatic carbocycles. The van der Waals surface area contributed by atoms with E-state index in [1.54, 1.807) is 19.1 Å². The molecule has 0 aliphatic heterocycles. The molecular weight excluding hydrogens is 348 g/mol. The van der Waals surface area contributed by atoms with Crippen LogP contribution in [0, 0.1) is 17.0 Å². The van der Waals surface area contributed by atoms with Crippen LogP contribution < -0.4 is 14.8 Å². The Hall–Kier alpha value is -2.80. The van der Waals surface area contributed by atoms with E-state index in [-0.39, 0.29) is 16.5 Å². The summed E-state index contributed by atoms with van der Waals surface area (Å²) < 4.78 is 10.7. The Morgan fingerprint density at radius 3 is 2.60 bits per heavy atom. The maximum atomic E-state index is 12.3.